The number of thiazole rings is 1. The van der Waals surface area contributed by atoms with Gasteiger partial charge in [-0.25, -0.2) is 18.1 Å². The van der Waals surface area contributed by atoms with Gasteiger partial charge in [-0.3, -0.25) is 10.1 Å². The van der Waals surface area contributed by atoms with E-state index < -0.39 is 14.9 Å². The standard InChI is InChI=1S/C12H13N3O4S2/c1-8-12(20-9(2)14-8)7-13-21(18,19)11-5-3-10(4-6-11)15(16)17/h3-6,13H,7H2,1-2H3. The topological polar surface area (TPSA) is 102 Å². The van der Waals surface area contributed by atoms with E-state index in [9.17, 15) is 18.5 Å². The zero-order valence-electron chi connectivity index (χ0n) is 11.4. The van der Waals surface area contributed by atoms with Crippen LogP contribution in [0.3, 0.4) is 0 Å². The van der Waals surface area contributed by atoms with Crippen LogP contribution in [0.25, 0.3) is 0 Å². The number of nitrogens with one attached hydrogen (secondary N) is 1. The number of nitrogens with zero attached hydrogens (tertiary/aromatic N) is 2. The Hall–Kier alpha value is -1.84. The minimum absolute atomic E-state index is 0.00742. The number of sulfonamides is 1. The summed E-state index contributed by atoms with van der Waals surface area (Å²) in [4.78, 5) is 15.0. The highest BCUT2D eigenvalue weighted by Crippen LogP contribution is 2.19. The average molecular weight is 327 g/mol. The zero-order chi connectivity index (χ0) is 15.6. The molecule has 0 amide bonds. The largest absolute Gasteiger partial charge is 0.269 e. The molecule has 0 saturated carbocycles. The Morgan fingerprint density at radius 2 is 1.90 bits per heavy atom. The molecule has 0 bridgehead atoms. The lowest BCUT2D eigenvalue weighted by atomic mass is 10.3. The van der Waals surface area contributed by atoms with Gasteiger partial charge in [-0.2, -0.15) is 0 Å². The van der Waals surface area contributed by atoms with Crippen LogP contribution < -0.4 is 4.72 Å². The minimum Gasteiger partial charge on any atom is -0.258 e. The highest BCUT2D eigenvalue weighted by molar-refractivity contribution is 7.89. The van der Waals surface area contributed by atoms with E-state index in [1.807, 2.05) is 13.8 Å². The van der Waals surface area contributed by atoms with Gasteiger partial charge < -0.3 is 0 Å². The maximum absolute atomic E-state index is 12.1. The summed E-state index contributed by atoms with van der Waals surface area (Å²) < 4.78 is 26.7. The lowest BCUT2D eigenvalue weighted by Gasteiger charge is -2.05. The van der Waals surface area contributed by atoms with Crippen LogP contribution in [0, 0.1) is 24.0 Å². The molecule has 9 heteroatoms. The van der Waals surface area contributed by atoms with Crippen LogP contribution in [0.5, 0.6) is 0 Å². The van der Waals surface area contributed by atoms with E-state index >= 15 is 0 Å². The van der Waals surface area contributed by atoms with Gasteiger partial charge in [0.1, 0.15) is 0 Å². The number of aryl methyl sites for hydroxylation is 2. The van der Waals surface area contributed by atoms with Crippen LogP contribution >= 0.6 is 11.3 Å². The molecule has 0 aliphatic carbocycles. The summed E-state index contributed by atoms with van der Waals surface area (Å²) in [5, 5.41) is 11.4. The second-order valence-corrected chi connectivity index (χ2v) is 7.37. The lowest BCUT2D eigenvalue weighted by Crippen LogP contribution is -2.23. The minimum atomic E-state index is -3.70. The fourth-order valence-corrected chi connectivity index (χ4v) is 3.69. The Bertz CT molecular complexity index is 766. The molecule has 1 N–H and O–H groups in total. The van der Waals surface area contributed by atoms with Gasteiger partial charge in [-0.1, -0.05) is 0 Å². The molecule has 0 unspecified atom stereocenters. The number of nitro groups is 1. The van der Waals surface area contributed by atoms with Crippen molar-refractivity contribution < 1.29 is 13.3 Å². The molecule has 21 heavy (non-hydrogen) atoms. The van der Waals surface area contributed by atoms with E-state index in [1.54, 1.807) is 0 Å². The third-order valence-corrected chi connectivity index (χ3v) is 5.27. The van der Waals surface area contributed by atoms with Crippen molar-refractivity contribution in [3.05, 3.63) is 50.0 Å². The first-order valence-electron chi connectivity index (χ1n) is 5.96. The van der Waals surface area contributed by atoms with E-state index in [1.165, 1.54) is 23.5 Å². The molecule has 1 aromatic heterocycles. The first-order chi connectivity index (χ1) is 9.79. The molecule has 0 fully saturated rings. The van der Waals surface area contributed by atoms with E-state index in [-0.39, 0.29) is 17.1 Å². The van der Waals surface area contributed by atoms with Crippen LogP contribution in [0.15, 0.2) is 29.2 Å². The Morgan fingerprint density at radius 1 is 1.29 bits per heavy atom. The Kier molecular flexibility index (Phi) is 4.35. The van der Waals surface area contributed by atoms with E-state index in [2.05, 4.69) is 9.71 Å². The van der Waals surface area contributed by atoms with Crippen molar-refractivity contribution in [2.75, 3.05) is 0 Å². The molecule has 112 valence electrons. The molecule has 1 heterocycles. The van der Waals surface area contributed by atoms with Crippen LogP contribution in [0.2, 0.25) is 0 Å². The van der Waals surface area contributed by atoms with Gasteiger partial charge in [0, 0.05) is 23.6 Å². The monoisotopic (exact) mass is 327 g/mol. The first-order valence-corrected chi connectivity index (χ1v) is 8.26. The summed E-state index contributed by atoms with van der Waals surface area (Å²) in [7, 11) is -3.70. The van der Waals surface area contributed by atoms with Crippen molar-refractivity contribution >= 4 is 27.0 Å². The van der Waals surface area contributed by atoms with Crippen molar-refractivity contribution in [2.24, 2.45) is 0 Å². The van der Waals surface area contributed by atoms with Gasteiger partial charge in [0.05, 0.1) is 20.5 Å². The van der Waals surface area contributed by atoms with Gasteiger partial charge >= 0.3 is 0 Å². The normalized spacial score (nSPS) is 11.5. The SMILES string of the molecule is Cc1nc(C)c(CNS(=O)(=O)c2ccc([N+](=O)[O-])cc2)s1. The molecule has 2 aromatic rings. The fourth-order valence-electron chi connectivity index (χ4n) is 1.73. The molecular formula is C12H13N3O4S2. The summed E-state index contributed by atoms with van der Waals surface area (Å²) in [6.07, 6.45) is 0. The Morgan fingerprint density at radius 3 is 2.38 bits per heavy atom. The summed E-state index contributed by atoms with van der Waals surface area (Å²) in [6, 6.07) is 4.75. The second-order valence-electron chi connectivity index (χ2n) is 4.32. The van der Waals surface area contributed by atoms with Crippen LogP contribution in [0.4, 0.5) is 5.69 Å². The van der Waals surface area contributed by atoms with Crippen molar-refractivity contribution in [3.8, 4) is 0 Å². The molecule has 0 aliphatic heterocycles. The number of rotatable bonds is 5. The molecule has 0 spiro atoms. The summed E-state index contributed by atoms with van der Waals surface area (Å²) in [5.41, 5.74) is 0.645. The quantitative estimate of drug-likeness (QED) is 0.669. The lowest BCUT2D eigenvalue weighted by molar-refractivity contribution is -0.384. The van der Waals surface area contributed by atoms with E-state index in [4.69, 9.17) is 0 Å². The van der Waals surface area contributed by atoms with Crippen LogP contribution in [0.1, 0.15) is 15.6 Å². The van der Waals surface area contributed by atoms with Gasteiger partial charge in [-0.05, 0) is 26.0 Å². The molecule has 0 saturated heterocycles. The number of non-ortho nitro benzene ring substituents is 1. The number of aromatic nitrogens is 1. The van der Waals surface area contributed by atoms with Crippen LogP contribution in [-0.4, -0.2) is 18.3 Å². The van der Waals surface area contributed by atoms with Crippen molar-refractivity contribution in [3.63, 3.8) is 0 Å². The second kappa shape index (κ2) is 5.88. The van der Waals surface area contributed by atoms with Gasteiger partial charge in [0.15, 0.2) is 0 Å². The predicted octanol–water partition coefficient (Wildman–Crippen LogP) is 2.15. The Balaban J connectivity index is 2.14. The van der Waals surface area contributed by atoms with Crippen molar-refractivity contribution in [1.29, 1.82) is 0 Å². The molecule has 7 nitrogen and oxygen atoms in total. The summed E-state index contributed by atoms with van der Waals surface area (Å²) >= 11 is 1.43. The fraction of sp³-hybridized carbons (Fsp3) is 0.250. The van der Waals surface area contributed by atoms with Crippen molar-refractivity contribution in [1.82, 2.24) is 9.71 Å². The number of hydrogen-bond acceptors (Lipinski definition) is 6. The number of nitro benzene ring substituents is 1. The van der Waals surface area contributed by atoms with Gasteiger partial charge in [-0.15, -0.1) is 11.3 Å². The van der Waals surface area contributed by atoms with Crippen LogP contribution in [-0.2, 0) is 16.6 Å². The third kappa shape index (κ3) is 3.63. The van der Waals surface area contributed by atoms with Gasteiger partial charge in [0.2, 0.25) is 10.0 Å². The zero-order valence-corrected chi connectivity index (χ0v) is 13.0. The molecule has 2 rings (SSSR count). The maximum Gasteiger partial charge on any atom is 0.269 e. The highest BCUT2D eigenvalue weighted by Gasteiger charge is 2.16. The predicted molar refractivity (Wildman–Crippen MR) is 78.7 cm³/mol. The van der Waals surface area contributed by atoms with Crippen molar-refractivity contribution in [2.45, 2.75) is 25.3 Å². The molecular weight excluding hydrogens is 314 g/mol. The molecule has 0 atom stereocenters. The molecule has 0 aliphatic rings. The third-order valence-electron chi connectivity index (χ3n) is 2.78. The van der Waals surface area contributed by atoms with E-state index in [0.29, 0.717) is 0 Å². The summed E-state index contributed by atoms with van der Waals surface area (Å²) in [5.74, 6) is 0. The maximum atomic E-state index is 12.1. The highest BCUT2D eigenvalue weighted by atomic mass is 32.2. The van der Waals surface area contributed by atoms with E-state index in [0.717, 1.165) is 27.7 Å². The van der Waals surface area contributed by atoms with Gasteiger partial charge in [0.25, 0.3) is 5.69 Å². The first kappa shape index (κ1) is 15.5. The molecule has 1 aromatic carbocycles. The Labute approximate surface area is 125 Å². The summed E-state index contributed by atoms with van der Waals surface area (Å²) in [6.45, 7) is 3.82. The smallest absolute Gasteiger partial charge is 0.258 e. The number of hydrogen-bond donors (Lipinski definition) is 1. The average Bonchev–Trinajstić information content (AvgIpc) is 2.75. The molecule has 0 radical (unpaired) electrons. The number of benzene rings is 1.